The number of carbonyl (C=O) groups excluding carboxylic acids is 1. The van der Waals surface area contributed by atoms with Gasteiger partial charge in [0.1, 0.15) is 6.42 Å². The summed E-state index contributed by atoms with van der Waals surface area (Å²) in [6.45, 7) is 0. The lowest BCUT2D eigenvalue weighted by Gasteiger charge is -1.96. The Morgan fingerprint density at radius 3 is 2.38 bits per heavy atom. The van der Waals surface area contributed by atoms with E-state index in [1.165, 1.54) is 0 Å². The number of rotatable bonds is 3. The lowest BCUT2D eigenvalue weighted by molar-refractivity contribution is -0.135. The Balaban J connectivity index is 2.74. The Hall–Kier alpha value is -1.79. The lowest BCUT2D eigenvalue weighted by atomic mass is 10.1. The second-order valence-corrected chi connectivity index (χ2v) is 3.27. The summed E-state index contributed by atoms with van der Waals surface area (Å²) in [7, 11) is 0. The smallest absolute Gasteiger partial charge is 0.315 e. The molecular formula is C12H9ClO3. The Bertz CT molecular complexity index is 451. The second kappa shape index (κ2) is 5.94. The number of carboxylic acids is 1. The predicted octanol–water partition coefficient (Wildman–Crippen LogP) is 1.93. The highest BCUT2D eigenvalue weighted by Gasteiger charge is 2.02. The molecule has 1 rings (SSSR count). The van der Waals surface area contributed by atoms with Gasteiger partial charge in [0.15, 0.2) is 5.78 Å². The van der Waals surface area contributed by atoms with Gasteiger partial charge in [0.25, 0.3) is 0 Å². The molecule has 16 heavy (non-hydrogen) atoms. The van der Waals surface area contributed by atoms with E-state index in [4.69, 9.17) is 16.7 Å². The van der Waals surface area contributed by atoms with E-state index in [0.29, 0.717) is 11.1 Å². The van der Waals surface area contributed by atoms with E-state index in [1.807, 2.05) is 0 Å². The van der Waals surface area contributed by atoms with Crippen molar-refractivity contribution in [1.82, 2.24) is 0 Å². The third kappa shape index (κ3) is 3.76. The molecule has 0 unspecified atom stereocenters. The zero-order valence-corrected chi connectivity index (χ0v) is 9.12. The molecule has 0 aliphatic carbocycles. The fraction of sp³-hybridized carbons (Fsp3) is 0.167. The molecule has 0 saturated carbocycles. The van der Waals surface area contributed by atoms with Crippen LogP contribution in [0, 0.1) is 11.8 Å². The number of carboxylic acid groups (broad SMARTS) is 1. The molecule has 0 saturated heterocycles. The molecule has 0 aliphatic heterocycles. The van der Waals surface area contributed by atoms with Gasteiger partial charge >= 0.3 is 5.97 Å². The van der Waals surface area contributed by atoms with Crippen LogP contribution in [0.3, 0.4) is 0 Å². The zero-order chi connectivity index (χ0) is 12.0. The predicted molar refractivity (Wildman–Crippen MR) is 60.6 cm³/mol. The van der Waals surface area contributed by atoms with Crippen molar-refractivity contribution in [2.75, 3.05) is 5.88 Å². The van der Waals surface area contributed by atoms with Gasteiger partial charge in [-0.3, -0.25) is 9.59 Å². The number of carbonyl (C=O) groups is 2. The van der Waals surface area contributed by atoms with Crippen LogP contribution in [-0.2, 0) is 4.79 Å². The van der Waals surface area contributed by atoms with Crippen LogP contribution in [0.25, 0.3) is 0 Å². The van der Waals surface area contributed by atoms with E-state index in [9.17, 15) is 9.59 Å². The monoisotopic (exact) mass is 236 g/mol. The van der Waals surface area contributed by atoms with Gasteiger partial charge in [0, 0.05) is 11.1 Å². The lowest BCUT2D eigenvalue weighted by Crippen LogP contribution is -1.99. The van der Waals surface area contributed by atoms with Crippen molar-refractivity contribution in [2.24, 2.45) is 0 Å². The fourth-order valence-corrected chi connectivity index (χ4v) is 1.19. The average molecular weight is 237 g/mol. The molecule has 1 N–H and O–H groups in total. The molecule has 3 nitrogen and oxygen atoms in total. The molecule has 0 aliphatic rings. The third-order valence-electron chi connectivity index (χ3n) is 1.80. The van der Waals surface area contributed by atoms with E-state index >= 15 is 0 Å². The molecular weight excluding hydrogens is 228 g/mol. The SMILES string of the molecule is O=C(O)CC#Cc1ccc(C(=O)CCl)cc1. The van der Waals surface area contributed by atoms with Crippen molar-refractivity contribution in [3.63, 3.8) is 0 Å². The molecule has 1 aromatic carbocycles. The number of Topliss-reactive ketones (excluding diaryl/α,β-unsaturated/α-hetero) is 1. The van der Waals surface area contributed by atoms with Crippen LogP contribution in [0.5, 0.6) is 0 Å². The summed E-state index contributed by atoms with van der Waals surface area (Å²) in [6.07, 6.45) is -0.192. The topological polar surface area (TPSA) is 54.4 Å². The maximum atomic E-state index is 11.2. The highest BCUT2D eigenvalue weighted by atomic mass is 35.5. The van der Waals surface area contributed by atoms with Gasteiger partial charge in [-0.15, -0.1) is 11.6 Å². The van der Waals surface area contributed by atoms with Crippen molar-refractivity contribution in [1.29, 1.82) is 0 Å². The molecule has 4 heteroatoms. The summed E-state index contributed by atoms with van der Waals surface area (Å²) >= 11 is 5.40. The van der Waals surface area contributed by atoms with Gasteiger partial charge in [0.05, 0.1) is 5.88 Å². The first-order valence-electron chi connectivity index (χ1n) is 4.53. The van der Waals surface area contributed by atoms with Crippen LogP contribution in [0.1, 0.15) is 22.3 Å². The summed E-state index contributed by atoms with van der Waals surface area (Å²) in [5.74, 6) is 4.03. The normalized spacial score (nSPS) is 9.06. The quantitative estimate of drug-likeness (QED) is 0.496. The van der Waals surface area contributed by atoms with Crippen LogP contribution in [0.4, 0.5) is 0 Å². The minimum absolute atomic E-state index is 0.0515. The van der Waals surface area contributed by atoms with Gasteiger partial charge in [-0.25, -0.2) is 0 Å². The van der Waals surface area contributed by atoms with Gasteiger partial charge in [-0.1, -0.05) is 24.0 Å². The Morgan fingerprint density at radius 2 is 1.88 bits per heavy atom. The third-order valence-corrected chi connectivity index (χ3v) is 2.04. The summed E-state index contributed by atoms with van der Waals surface area (Å²) in [4.78, 5) is 21.4. The largest absolute Gasteiger partial charge is 0.481 e. The highest BCUT2D eigenvalue weighted by molar-refractivity contribution is 6.30. The van der Waals surface area contributed by atoms with Crippen molar-refractivity contribution in [3.05, 3.63) is 35.4 Å². The summed E-state index contributed by atoms with van der Waals surface area (Å²) in [5, 5.41) is 8.38. The van der Waals surface area contributed by atoms with E-state index in [-0.39, 0.29) is 18.1 Å². The first-order valence-corrected chi connectivity index (χ1v) is 5.07. The molecule has 0 atom stereocenters. The van der Waals surface area contributed by atoms with Crippen LogP contribution in [-0.4, -0.2) is 22.7 Å². The number of hydrogen-bond donors (Lipinski definition) is 1. The molecule has 0 aromatic heterocycles. The van der Waals surface area contributed by atoms with Crippen LogP contribution < -0.4 is 0 Å². The first kappa shape index (κ1) is 12.3. The van der Waals surface area contributed by atoms with Gasteiger partial charge < -0.3 is 5.11 Å². The number of benzene rings is 1. The maximum absolute atomic E-state index is 11.2. The van der Waals surface area contributed by atoms with Crippen molar-refractivity contribution >= 4 is 23.4 Å². The Labute approximate surface area is 98.0 Å². The molecule has 0 fully saturated rings. The summed E-state index contributed by atoms with van der Waals surface area (Å²) in [6, 6.07) is 6.56. The van der Waals surface area contributed by atoms with Crippen molar-refractivity contribution in [3.8, 4) is 11.8 Å². The molecule has 0 heterocycles. The Kier molecular flexibility index (Phi) is 4.56. The Morgan fingerprint density at radius 1 is 1.25 bits per heavy atom. The number of halogens is 1. The van der Waals surface area contributed by atoms with Crippen molar-refractivity contribution < 1.29 is 14.7 Å². The standard InChI is InChI=1S/C12H9ClO3/c13-8-11(14)10-6-4-9(5-7-10)2-1-3-12(15)16/h4-7H,3,8H2,(H,15,16). The number of aliphatic carboxylic acids is 1. The molecule has 82 valence electrons. The van der Waals surface area contributed by atoms with E-state index in [2.05, 4.69) is 11.8 Å². The van der Waals surface area contributed by atoms with Gasteiger partial charge in [-0.2, -0.15) is 0 Å². The van der Waals surface area contributed by atoms with E-state index < -0.39 is 5.97 Å². The van der Waals surface area contributed by atoms with Gasteiger partial charge in [-0.05, 0) is 12.1 Å². The van der Waals surface area contributed by atoms with Gasteiger partial charge in [0.2, 0.25) is 0 Å². The minimum Gasteiger partial charge on any atom is -0.481 e. The van der Waals surface area contributed by atoms with Crippen LogP contribution >= 0.6 is 11.6 Å². The highest BCUT2D eigenvalue weighted by Crippen LogP contribution is 2.05. The number of alkyl halides is 1. The molecule has 0 amide bonds. The van der Waals surface area contributed by atoms with Crippen LogP contribution in [0.2, 0.25) is 0 Å². The minimum atomic E-state index is -0.957. The van der Waals surface area contributed by atoms with E-state index in [1.54, 1.807) is 24.3 Å². The second-order valence-electron chi connectivity index (χ2n) is 3.01. The number of hydrogen-bond acceptors (Lipinski definition) is 2. The summed E-state index contributed by atoms with van der Waals surface area (Å²) < 4.78 is 0. The van der Waals surface area contributed by atoms with Crippen LogP contribution in [0.15, 0.2) is 24.3 Å². The molecule has 0 bridgehead atoms. The number of ketones is 1. The average Bonchev–Trinajstić information content (AvgIpc) is 2.28. The first-order chi connectivity index (χ1) is 7.63. The maximum Gasteiger partial charge on any atom is 0.315 e. The van der Waals surface area contributed by atoms with E-state index in [0.717, 1.165) is 0 Å². The zero-order valence-electron chi connectivity index (χ0n) is 8.37. The fourth-order valence-electron chi connectivity index (χ4n) is 1.04. The molecule has 1 aromatic rings. The summed E-state index contributed by atoms with van der Waals surface area (Å²) in [5.41, 5.74) is 1.20. The molecule has 0 radical (unpaired) electrons. The molecule has 0 spiro atoms. The van der Waals surface area contributed by atoms with Crippen molar-refractivity contribution in [2.45, 2.75) is 6.42 Å².